The molecule has 2 heterocycles. The van der Waals surface area contributed by atoms with E-state index >= 15 is 0 Å². The van der Waals surface area contributed by atoms with Crippen LogP contribution in [0, 0.1) is 6.92 Å². The van der Waals surface area contributed by atoms with Gasteiger partial charge < -0.3 is 9.64 Å². The molecule has 7 heteroatoms. The highest BCUT2D eigenvalue weighted by Gasteiger charge is 2.16. The summed E-state index contributed by atoms with van der Waals surface area (Å²) < 4.78 is 32.6. The summed E-state index contributed by atoms with van der Waals surface area (Å²) in [4.78, 5) is 6.70. The van der Waals surface area contributed by atoms with Gasteiger partial charge in [-0.3, -0.25) is 4.72 Å². The first-order valence-corrected chi connectivity index (χ1v) is 8.91. The minimum absolute atomic E-state index is 0.245. The van der Waals surface area contributed by atoms with Gasteiger partial charge in [-0.05, 0) is 36.8 Å². The normalized spacial score (nSPS) is 15.4. The van der Waals surface area contributed by atoms with E-state index in [0.717, 1.165) is 24.5 Å². The van der Waals surface area contributed by atoms with Gasteiger partial charge >= 0.3 is 0 Å². The average molecular weight is 333 g/mol. The van der Waals surface area contributed by atoms with Crippen LogP contribution in [0.15, 0.2) is 47.5 Å². The van der Waals surface area contributed by atoms with Gasteiger partial charge in [0.2, 0.25) is 0 Å². The van der Waals surface area contributed by atoms with Crippen LogP contribution in [-0.4, -0.2) is 39.7 Å². The fourth-order valence-electron chi connectivity index (χ4n) is 2.42. The molecule has 1 aliphatic rings. The van der Waals surface area contributed by atoms with E-state index in [1.807, 2.05) is 19.1 Å². The number of nitrogens with zero attached hydrogens (tertiary/aromatic N) is 2. The van der Waals surface area contributed by atoms with Crippen LogP contribution in [0.1, 0.15) is 5.56 Å². The predicted molar refractivity (Wildman–Crippen MR) is 89.3 cm³/mol. The monoisotopic (exact) mass is 333 g/mol. The molecule has 1 N–H and O–H groups in total. The summed E-state index contributed by atoms with van der Waals surface area (Å²) in [6, 6.07) is 10.3. The molecule has 1 saturated heterocycles. The zero-order chi connectivity index (χ0) is 16.3. The van der Waals surface area contributed by atoms with Crippen molar-refractivity contribution in [2.45, 2.75) is 11.8 Å². The molecule has 122 valence electrons. The Morgan fingerprint density at radius 1 is 1.17 bits per heavy atom. The van der Waals surface area contributed by atoms with Crippen LogP contribution in [0.25, 0.3) is 0 Å². The number of nitrogens with one attached hydrogen (secondary N) is 1. The Morgan fingerprint density at radius 3 is 2.61 bits per heavy atom. The van der Waals surface area contributed by atoms with Crippen LogP contribution in [0.4, 0.5) is 11.5 Å². The van der Waals surface area contributed by atoms with Gasteiger partial charge in [-0.15, -0.1) is 0 Å². The van der Waals surface area contributed by atoms with Crippen molar-refractivity contribution in [1.29, 1.82) is 0 Å². The van der Waals surface area contributed by atoms with Crippen LogP contribution >= 0.6 is 0 Å². The van der Waals surface area contributed by atoms with Crippen molar-refractivity contribution >= 4 is 21.5 Å². The smallest absolute Gasteiger partial charge is 0.261 e. The Hall–Kier alpha value is -2.12. The number of anilines is 2. The third kappa shape index (κ3) is 3.80. The van der Waals surface area contributed by atoms with E-state index in [9.17, 15) is 8.42 Å². The molecule has 6 nitrogen and oxygen atoms in total. The van der Waals surface area contributed by atoms with E-state index in [2.05, 4.69) is 14.6 Å². The molecule has 0 bridgehead atoms. The first-order chi connectivity index (χ1) is 11.0. The number of morpholine rings is 1. The molecule has 23 heavy (non-hydrogen) atoms. The maximum atomic E-state index is 12.4. The van der Waals surface area contributed by atoms with Crippen molar-refractivity contribution in [1.82, 2.24) is 4.98 Å². The Kier molecular flexibility index (Phi) is 4.49. The molecule has 0 amide bonds. The highest BCUT2D eigenvalue weighted by molar-refractivity contribution is 7.92. The highest BCUT2D eigenvalue weighted by atomic mass is 32.2. The third-order valence-electron chi connectivity index (χ3n) is 3.64. The summed E-state index contributed by atoms with van der Waals surface area (Å²) in [5.41, 5.74) is 1.34. The quantitative estimate of drug-likeness (QED) is 0.927. The SMILES string of the molecule is Cc1cccc(S(=O)(=O)Nc2ccc(N3CCOCC3)nc2)c1. The second kappa shape index (κ2) is 6.55. The van der Waals surface area contributed by atoms with E-state index in [0.29, 0.717) is 18.9 Å². The lowest BCUT2D eigenvalue weighted by Crippen LogP contribution is -2.36. The van der Waals surface area contributed by atoms with Gasteiger partial charge in [0.15, 0.2) is 0 Å². The number of hydrogen-bond acceptors (Lipinski definition) is 5. The van der Waals surface area contributed by atoms with Gasteiger partial charge in [-0.2, -0.15) is 0 Å². The summed E-state index contributed by atoms with van der Waals surface area (Å²) in [6.07, 6.45) is 1.54. The molecule has 1 aromatic heterocycles. The molecule has 3 rings (SSSR count). The van der Waals surface area contributed by atoms with Gasteiger partial charge in [-0.25, -0.2) is 13.4 Å². The number of aromatic nitrogens is 1. The molecule has 1 aromatic carbocycles. The fourth-order valence-corrected chi connectivity index (χ4v) is 3.57. The van der Waals surface area contributed by atoms with Crippen LogP contribution in [0.2, 0.25) is 0 Å². The molecule has 0 radical (unpaired) electrons. The molecular weight excluding hydrogens is 314 g/mol. The van der Waals surface area contributed by atoms with Crippen LogP contribution in [-0.2, 0) is 14.8 Å². The maximum absolute atomic E-state index is 12.4. The number of pyridine rings is 1. The lowest BCUT2D eigenvalue weighted by molar-refractivity contribution is 0.122. The number of benzene rings is 1. The number of sulfonamides is 1. The van der Waals surface area contributed by atoms with E-state index in [1.165, 1.54) is 6.20 Å². The Morgan fingerprint density at radius 2 is 1.96 bits per heavy atom. The molecule has 0 atom stereocenters. The molecule has 0 unspecified atom stereocenters. The average Bonchev–Trinajstić information content (AvgIpc) is 2.56. The van der Waals surface area contributed by atoms with Crippen molar-refractivity contribution < 1.29 is 13.2 Å². The van der Waals surface area contributed by atoms with Gasteiger partial charge in [0.05, 0.1) is 30.0 Å². The van der Waals surface area contributed by atoms with E-state index in [4.69, 9.17) is 4.74 Å². The van der Waals surface area contributed by atoms with Crippen molar-refractivity contribution in [3.05, 3.63) is 48.2 Å². The van der Waals surface area contributed by atoms with Gasteiger partial charge in [-0.1, -0.05) is 12.1 Å². The van der Waals surface area contributed by atoms with Crippen molar-refractivity contribution in [3.8, 4) is 0 Å². The second-order valence-corrected chi connectivity index (χ2v) is 7.11. The highest BCUT2D eigenvalue weighted by Crippen LogP contribution is 2.19. The zero-order valence-electron chi connectivity index (χ0n) is 12.9. The topological polar surface area (TPSA) is 71.5 Å². The Bertz CT molecular complexity index is 769. The first kappa shape index (κ1) is 15.8. The molecule has 1 aliphatic heterocycles. The standard InChI is InChI=1S/C16H19N3O3S/c1-13-3-2-4-15(11-13)23(20,21)18-14-5-6-16(17-12-14)19-7-9-22-10-8-19/h2-6,11-12,18H,7-10H2,1H3. The lowest BCUT2D eigenvalue weighted by atomic mass is 10.2. The summed E-state index contributed by atoms with van der Waals surface area (Å²) in [7, 11) is -3.60. The molecule has 0 saturated carbocycles. The van der Waals surface area contributed by atoms with Gasteiger partial charge in [0.25, 0.3) is 10.0 Å². The van der Waals surface area contributed by atoms with Crippen molar-refractivity contribution in [2.24, 2.45) is 0 Å². The Labute approximate surface area is 136 Å². The predicted octanol–water partition coefficient (Wildman–Crippen LogP) is 2.03. The van der Waals surface area contributed by atoms with Crippen LogP contribution < -0.4 is 9.62 Å². The molecule has 0 aliphatic carbocycles. The van der Waals surface area contributed by atoms with Gasteiger partial charge in [0.1, 0.15) is 5.82 Å². The number of aryl methyl sites for hydroxylation is 1. The number of rotatable bonds is 4. The summed E-state index contributed by atoms with van der Waals surface area (Å²) in [6.45, 7) is 4.81. The minimum Gasteiger partial charge on any atom is -0.378 e. The van der Waals surface area contributed by atoms with E-state index < -0.39 is 10.0 Å². The Balaban J connectivity index is 1.75. The molecule has 2 aromatic rings. The van der Waals surface area contributed by atoms with Crippen LogP contribution in [0.3, 0.4) is 0 Å². The number of hydrogen-bond donors (Lipinski definition) is 1. The lowest BCUT2D eigenvalue weighted by Gasteiger charge is -2.27. The van der Waals surface area contributed by atoms with Gasteiger partial charge in [0, 0.05) is 13.1 Å². The number of ether oxygens (including phenoxy) is 1. The van der Waals surface area contributed by atoms with Crippen molar-refractivity contribution in [3.63, 3.8) is 0 Å². The molecule has 1 fully saturated rings. The summed E-state index contributed by atoms with van der Waals surface area (Å²) in [5, 5.41) is 0. The maximum Gasteiger partial charge on any atom is 0.261 e. The zero-order valence-corrected chi connectivity index (χ0v) is 13.7. The summed E-state index contributed by atoms with van der Waals surface area (Å²) in [5.74, 6) is 0.826. The minimum atomic E-state index is -3.60. The molecule has 0 spiro atoms. The summed E-state index contributed by atoms with van der Waals surface area (Å²) >= 11 is 0. The van der Waals surface area contributed by atoms with Crippen molar-refractivity contribution in [2.75, 3.05) is 35.9 Å². The first-order valence-electron chi connectivity index (χ1n) is 7.43. The van der Waals surface area contributed by atoms with Crippen LogP contribution in [0.5, 0.6) is 0 Å². The molecular formula is C16H19N3O3S. The second-order valence-electron chi connectivity index (χ2n) is 5.43. The third-order valence-corrected chi connectivity index (χ3v) is 5.01. The van der Waals surface area contributed by atoms with E-state index in [1.54, 1.807) is 24.3 Å². The largest absolute Gasteiger partial charge is 0.378 e. The van der Waals surface area contributed by atoms with E-state index in [-0.39, 0.29) is 4.90 Å². The fraction of sp³-hybridized carbons (Fsp3) is 0.312.